The highest BCUT2D eigenvalue weighted by molar-refractivity contribution is 5.81. The summed E-state index contributed by atoms with van der Waals surface area (Å²) in [4.78, 5) is 25.4. The molecule has 0 bridgehead atoms. The third-order valence-corrected chi connectivity index (χ3v) is 4.43. The Morgan fingerprint density at radius 1 is 1.19 bits per heavy atom. The van der Waals surface area contributed by atoms with Gasteiger partial charge >= 0.3 is 5.97 Å². The Labute approximate surface area is 128 Å². The van der Waals surface area contributed by atoms with E-state index >= 15 is 0 Å². The quantitative estimate of drug-likeness (QED) is 0.551. The molecule has 0 spiro atoms. The molecule has 1 fully saturated rings. The standard InChI is InChI=1S/C16H30N2O3/c1-12-9-10-13(2)18(12)14(3)16(20)17-11-7-5-6-8-15(19)21-4/h12-14H,5-11H2,1-4H3,(H,17,20). The number of esters is 1. The number of amides is 1. The lowest BCUT2D eigenvalue weighted by Crippen LogP contribution is -2.49. The minimum Gasteiger partial charge on any atom is -0.469 e. The lowest BCUT2D eigenvalue weighted by atomic mass is 10.1. The Bertz CT molecular complexity index is 336. The maximum Gasteiger partial charge on any atom is 0.305 e. The van der Waals surface area contributed by atoms with Crippen molar-refractivity contribution in [3.63, 3.8) is 0 Å². The lowest BCUT2D eigenvalue weighted by Gasteiger charge is -2.31. The molecule has 1 amide bonds. The van der Waals surface area contributed by atoms with E-state index in [1.54, 1.807) is 0 Å². The molecule has 0 aliphatic carbocycles. The molecule has 1 saturated heterocycles. The van der Waals surface area contributed by atoms with Gasteiger partial charge in [-0.1, -0.05) is 6.42 Å². The Kier molecular flexibility index (Phi) is 7.72. The van der Waals surface area contributed by atoms with Crippen molar-refractivity contribution in [3.8, 4) is 0 Å². The van der Waals surface area contributed by atoms with Crippen LogP contribution in [0.4, 0.5) is 0 Å². The first-order valence-electron chi connectivity index (χ1n) is 8.09. The van der Waals surface area contributed by atoms with Crippen LogP contribution < -0.4 is 5.32 Å². The molecule has 122 valence electrons. The van der Waals surface area contributed by atoms with Crippen molar-refractivity contribution in [3.05, 3.63) is 0 Å². The number of carbonyl (C=O) groups excluding carboxylic acids is 2. The lowest BCUT2D eigenvalue weighted by molar-refractivity contribution is -0.140. The van der Waals surface area contributed by atoms with Gasteiger partial charge in [0, 0.05) is 25.0 Å². The van der Waals surface area contributed by atoms with Crippen LogP contribution in [0.15, 0.2) is 0 Å². The van der Waals surface area contributed by atoms with Gasteiger partial charge in [0.15, 0.2) is 0 Å². The van der Waals surface area contributed by atoms with Crippen LogP contribution in [0.25, 0.3) is 0 Å². The molecule has 0 aromatic heterocycles. The molecule has 1 rings (SSSR count). The zero-order valence-corrected chi connectivity index (χ0v) is 13.9. The topological polar surface area (TPSA) is 58.6 Å². The number of hydrogen-bond acceptors (Lipinski definition) is 4. The summed E-state index contributed by atoms with van der Waals surface area (Å²) in [6, 6.07) is 0.911. The van der Waals surface area contributed by atoms with E-state index in [4.69, 9.17) is 0 Å². The highest BCUT2D eigenvalue weighted by Gasteiger charge is 2.33. The van der Waals surface area contributed by atoms with Crippen LogP contribution in [-0.2, 0) is 14.3 Å². The van der Waals surface area contributed by atoms with Crippen LogP contribution in [0.5, 0.6) is 0 Å². The minimum atomic E-state index is -0.162. The van der Waals surface area contributed by atoms with E-state index in [9.17, 15) is 9.59 Å². The Morgan fingerprint density at radius 2 is 1.81 bits per heavy atom. The van der Waals surface area contributed by atoms with Crippen molar-refractivity contribution in [1.29, 1.82) is 0 Å². The molecule has 1 heterocycles. The molecule has 1 aliphatic heterocycles. The summed E-state index contributed by atoms with van der Waals surface area (Å²) in [7, 11) is 1.41. The van der Waals surface area contributed by atoms with Gasteiger partial charge in [0.2, 0.25) is 5.91 Å². The first-order valence-corrected chi connectivity index (χ1v) is 8.09. The molecule has 21 heavy (non-hydrogen) atoms. The third-order valence-electron chi connectivity index (χ3n) is 4.43. The van der Waals surface area contributed by atoms with Crippen LogP contribution in [-0.4, -0.2) is 48.6 Å². The van der Waals surface area contributed by atoms with Crippen molar-refractivity contribution >= 4 is 11.9 Å². The highest BCUT2D eigenvalue weighted by atomic mass is 16.5. The maximum absolute atomic E-state index is 12.2. The maximum atomic E-state index is 12.2. The number of carbonyl (C=O) groups is 2. The second-order valence-electron chi connectivity index (χ2n) is 6.08. The fourth-order valence-corrected chi connectivity index (χ4v) is 3.15. The van der Waals surface area contributed by atoms with Gasteiger partial charge in [-0.05, 0) is 46.5 Å². The number of ether oxygens (including phenoxy) is 1. The predicted molar refractivity (Wildman–Crippen MR) is 83.0 cm³/mol. The minimum absolute atomic E-state index is 0.0624. The number of methoxy groups -OCH3 is 1. The number of hydrogen-bond donors (Lipinski definition) is 1. The Hall–Kier alpha value is -1.10. The number of rotatable bonds is 8. The average molecular weight is 298 g/mol. The third kappa shape index (κ3) is 5.65. The molecule has 5 heteroatoms. The molecular weight excluding hydrogens is 268 g/mol. The van der Waals surface area contributed by atoms with Gasteiger partial charge in [-0.15, -0.1) is 0 Å². The SMILES string of the molecule is COC(=O)CCCCCNC(=O)C(C)N1C(C)CCC1C. The zero-order valence-electron chi connectivity index (χ0n) is 13.9. The summed E-state index contributed by atoms with van der Waals surface area (Å²) >= 11 is 0. The van der Waals surface area contributed by atoms with Gasteiger partial charge in [0.25, 0.3) is 0 Å². The van der Waals surface area contributed by atoms with Crippen molar-refractivity contribution in [1.82, 2.24) is 10.2 Å². The van der Waals surface area contributed by atoms with Gasteiger partial charge in [-0.3, -0.25) is 14.5 Å². The van der Waals surface area contributed by atoms with Crippen LogP contribution in [0.2, 0.25) is 0 Å². The normalized spacial score (nSPS) is 23.8. The van der Waals surface area contributed by atoms with Crippen molar-refractivity contribution in [2.75, 3.05) is 13.7 Å². The van der Waals surface area contributed by atoms with Crippen LogP contribution in [0.3, 0.4) is 0 Å². The van der Waals surface area contributed by atoms with E-state index in [-0.39, 0.29) is 17.9 Å². The van der Waals surface area contributed by atoms with E-state index < -0.39 is 0 Å². The van der Waals surface area contributed by atoms with E-state index in [2.05, 4.69) is 28.8 Å². The Balaban J connectivity index is 2.17. The number of nitrogens with zero attached hydrogens (tertiary/aromatic N) is 1. The Morgan fingerprint density at radius 3 is 2.38 bits per heavy atom. The fourth-order valence-electron chi connectivity index (χ4n) is 3.15. The summed E-state index contributed by atoms with van der Waals surface area (Å²) in [5.41, 5.74) is 0. The number of unbranched alkanes of at least 4 members (excludes halogenated alkanes) is 2. The van der Waals surface area contributed by atoms with Crippen molar-refractivity contribution in [2.24, 2.45) is 0 Å². The molecule has 1 N–H and O–H groups in total. The van der Waals surface area contributed by atoms with E-state index in [1.807, 2.05) is 6.92 Å². The van der Waals surface area contributed by atoms with Crippen LogP contribution in [0, 0.1) is 0 Å². The van der Waals surface area contributed by atoms with Crippen LogP contribution >= 0.6 is 0 Å². The summed E-state index contributed by atoms with van der Waals surface area (Å²) in [5.74, 6) is -0.0479. The first kappa shape index (κ1) is 18.0. The second kappa shape index (κ2) is 9.03. The molecule has 1 aliphatic rings. The highest BCUT2D eigenvalue weighted by Crippen LogP contribution is 2.25. The van der Waals surface area contributed by atoms with E-state index in [0.717, 1.165) is 19.3 Å². The fraction of sp³-hybridized carbons (Fsp3) is 0.875. The van der Waals surface area contributed by atoms with Gasteiger partial charge in [0.1, 0.15) is 0 Å². The van der Waals surface area contributed by atoms with Crippen molar-refractivity contribution < 1.29 is 14.3 Å². The van der Waals surface area contributed by atoms with Gasteiger partial charge in [-0.25, -0.2) is 0 Å². The molecule has 0 aromatic carbocycles. The zero-order chi connectivity index (χ0) is 15.8. The summed E-state index contributed by atoms with van der Waals surface area (Å²) < 4.78 is 4.59. The predicted octanol–water partition coefficient (Wildman–Crippen LogP) is 2.10. The monoisotopic (exact) mass is 298 g/mol. The molecular formula is C16H30N2O3. The molecule has 0 saturated carbocycles. The molecule has 0 radical (unpaired) electrons. The van der Waals surface area contributed by atoms with E-state index in [0.29, 0.717) is 25.0 Å². The van der Waals surface area contributed by atoms with Gasteiger partial charge < -0.3 is 10.1 Å². The average Bonchev–Trinajstić information content (AvgIpc) is 2.80. The smallest absolute Gasteiger partial charge is 0.305 e. The van der Waals surface area contributed by atoms with Gasteiger partial charge in [-0.2, -0.15) is 0 Å². The van der Waals surface area contributed by atoms with E-state index in [1.165, 1.54) is 20.0 Å². The number of nitrogens with one attached hydrogen (secondary N) is 1. The van der Waals surface area contributed by atoms with Gasteiger partial charge in [0.05, 0.1) is 13.2 Å². The molecule has 3 unspecified atom stereocenters. The second-order valence-corrected chi connectivity index (χ2v) is 6.08. The largest absolute Gasteiger partial charge is 0.469 e. The molecule has 3 atom stereocenters. The van der Waals surface area contributed by atoms with Crippen molar-refractivity contribution in [2.45, 2.75) is 77.4 Å². The van der Waals surface area contributed by atoms with Crippen LogP contribution in [0.1, 0.15) is 59.3 Å². The number of likely N-dealkylation sites (tertiary alicyclic amines) is 1. The molecule has 0 aromatic rings. The summed E-state index contributed by atoms with van der Waals surface area (Å²) in [6.07, 6.45) is 5.46. The summed E-state index contributed by atoms with van der Waals surface area (Å²) in [6.45, 7) is 7.06. The first-order chi connectivity index (χ1) is 9.97. The molecule has 5 nitrogen and oxygen atoms in total. The summed E-state index contributed by atoms with van der Waals surface area (Å²) in [5, 5.41) is 3.01.